The molecule has 1 heterocycles. The molecular weight excluding hydrogens is 298 g/mol. The van der Waals surface area contributed by atoms with Crippen molar-refractivity contribution in [2.45, 2.75) is 25.7 Å². The molecule has 1 aliphatic rings. The van der Waals surface area contributed by atoms with Gasteiger partial charge in [0, 0.05) is 28.9 Å². The van der Waals surface area contributed by atoms with Gasteiger partial charge in [-0.1, -0.05) is 48.7 Å². The summed E-state index contributed by atoms with van der Waals surface area (Å²) in [6.45, 7) is 1.79. The first-order chi connectivity index (χ1) is 10.8. The van der Waals surface area contributed by atoms with Gasteiger partial charge in [-0.15, -0.1) is 0 Å². The third-order valence-corrected chi connectivity index (χ3v) is 4.47. The maximum atomic E-state index is 12.3. The molecule has 0 saturated carbocycles. The summed E-state index contributed by atoms with van der Waals surface area (Å²) in [6.07, 6.45) is 4.62. The Morgan fingerprint density at radius 2 is 1.68 bits per heavy atom. The van der Waals surface area contributed by atoms with Gasteiger partial charge in [0.25, 0.3) is 5.91 Å². The number of rotatable bonds is 3. The summed E-state index contributed by atoms with van der Waals surface area (Å²) >= 11 is 6.20. The monoisotopic (exact) mass is 317 g/mol. The van der Waals surface area contributed by atoms with Crippen LogP contribution < -0.4 is 4.74 Å². The van der Waals surface area contributed by atoms with Crippen LogP contribution in [0.5, 0.6) is 5.75 Å². The van der Waals surface area contributed by atoms with Gasteiger partial charge in [-0.3, -0.25) is 4.79 Å². The Morgan fingerprint density at radius 3 is 2.41 bits per heavy atom. The highest BCUT2D eigenvalue weighted by molar-refractivity contribution is 6.35. The summed E-state index contributed by atoms with van der Waals surface area (Å²) in [6, 6.07) is 11.5. The summed E-state index contributed by atoms with van der Waals surface area (Å²) in [5.41, 5.74) is 0. The van der Waals surface area contributed by atoms with Gasteiger partial charge in [0.05, 0.1) is 0 Å². The molecule has 0 aliphatic carbocycles. The van der Waals surface area contributed by atoms with Crippen LogP contribution in [0.2, 0.25) is 5.02 Å². The van der Waals surface area contributed by atoms with Crippen molar-refractivity contribution in [3.8, 4) is 5.75 Å². The van der Waals surface area contributed by atoms with Crippen LogP contribution in [0.4, 0.5) is 0 Å². The predicted octanol–water partition coefficient (Wildman–Crippen LogP) is 4.27. The van der Waals surface area contributed by atoms with Gasteiger partial charge in [0.15, 0.2) is 6.61 Å². The van der Waals surface area contributed by atoms with Crippen LogP contribution in [0.3, 0.4) is 0 Å². The first-order valence-corrected chi connectivity index (χ1v) is 8.21. The number of fused-ring (bicyclic) bond motifs is 1. The minimum atomic E-state index is 0.0703. The zero-order valence-electron chi connectivity index (χ0n) is 12.6. The number of nitrogens with zero attached hydrogens (tertiary/aromatic N) is 1. The lowest BCUT2D eigenvalue weighted by Gasteiger charge is -2.20. The lowest BCUT2D eigenvalue weighted by molar-refractivity contribution is -0.133. The van der Waals surface area contributed by atoms with Gasteiger partial charge >= 0.3 is 0 Å². The quantitative estimate of drug-likeness (QED) is 0.846. The Kier molecular flexibility index (Phi) is 4.84. The van der Waals surface area contributed by atoms with E-state index in [0.29, 0.717) is 10.8 Å². The molecule has 0 bridgehead atoms. The van der Waals surface area contributed by atoms with Crippen LogP contribution in [0, 0.1) is 0 Å². The fourth-order valence-electron chi connectivity index (χ4n) is 2.91. The van der Waals surface area contributed by atoms with Gasteiger partial charge < -0.3 is 9.64 Å². The summed E-state index contributed by atoms with van der Waals surface area (Å²) in [5, 5.41) is 2.59. The second-order valence-corrected chi connectivity index (χ2v) is 6.08. The summed E-state index contributed by atoms with van der Waals surface area (Å²) in [4.78, 5) is 14.2. The molecule has 0 atom stereocenters. The molecule has 1 amide bonds. The van der Waals surface area contributed by atoms with Crippen molar-refractivity contribution in [1.82, 2.24) is 4.90 Å². The van der Waals surface area contributed by atoms with E-state index in [1.807, 2.05) is 41.3 Å². The second kappa shape index (κ2) is 7.01. The molecule has 116 valence electrons. The first-order valence-electron chi connectivity index (χ1n) is 7.83. The largest absolute Gasteiger partial charge is 0.483 e. The van der Waals surface area contributed by atoms with Gasteiger partial charge in [0.2, 0.25) is 0 Å². The van der Waals surface area contributed by atoms with E-state index in [1.165, 1.54) is 12.8 Å². The van der Waals surface area contributed by atoms with Crippen LogP contribution in [0.25, 0.3) is 10.8 Å². The van der Waals surface area contributed by atoms with Crippen molar-refractivity contribution in [3.05, 3.63) is 41.4 Å². The molecule has 1 fully saturated rings. The van der Waals surface area contributed by atoms with Gasteiger partial charge in [-0.05, 0) is 25.0 Å². The van der Waals surface area contributed by atoms with Crippen molar-refractivity contribution in [1.29, 1.82) is 0 Å². The van der Waals surface area contributed by atoms with E-state index >= 15 is 0 Å². The number of hydrogen-bond acceptors (Lipinski definition) is 2. The molecule has 1 aliphatic heterocycles. The predicted molar refractivity (Wildman–Crippen MR) is 89.5 cm³/mol. The maximum Gasteiger partial charge on any atom is 0.260 e. The molecule has 0 unspecified atom stereocenters. The molecule has 2 aromatic rings. The number of hydrogen-bond donors (Lipinski definition) is 0. The average molecular weight is 318 g/mol. The Balaban J connectivity index is 1.71. The molecule has 4 heteroatoms. The number of ether oxygens (including phenoxy) is 1. The van der Waals surface area contributed by atoms with Crippen LogP contribution in [-0.2, 0) is 4.79 Å². The lowest BCUT2D eigenvalue weighted by atomic mass is 10.1. The summed E-state index contributed by atoms with van der Waals surface area (Å²) < 4.78 is 5.78. The van der Waals surface area contributed by atoms with E-state index in [1.54, 1.807) is 0 Å². The third kappa shape index (κ3) is 3.36. The number of carbonyl (C=O) groups is 1. The highest BCUT2D eigenvalue weighted by Crippen LogP contribution is 2.31. The molecule has 2 aromatic carbocycles. The van der Waals surface area contributed by atoms with Gasteiger partial charge in [0.1, 0.15) is 5.75 Å². The minimum Gasteiger partial charge on any atom is -0.483 e. The Labute approximate surface area is 135 Å². The van der Waals surface area contributed by atoms with Gasteiger partial charge in [-0.25, -0.2) is 0 Å². The molecule has 1 saturated heterocycles. The highest BCUT2D eigenvalue weighted by Gasteiger charge is 2.16. The number of amides is 1. The fourth-order valence-corrected chi connectivity index (χ4v) is 3.14. The molecule has 22 heavy (non-hydrogen) atoms. The molecule has 3 nitrogen and oxygen atoms in total. The zero-order chi connectivity index (χ0) is 15.4. The Bertz CT molecular complexity index is 663. The van der Waals surface area contributed by atoms with Crippen molar-refractivity contribution in [2.75, 3.05) is 19.7 Å². The summed E-state index contributed by atoms with van der Waals surface area (Å²) in [5.74, 6) is 0.782. The average Bonchev–Trinajstić information content (AvgIpc) is 2.83. The maximum absolute atomic E-state index is 12.3. The molecular formula is C18H20ClNO2. The number of benzene rings is 2. The molecule has 0 spiro atoms. The van der Waals surface area contributed by atoms with Crippen molar-refractivity contribution >= 4 is 28.3 Å². The Morgan fingerprint density at radius 1 is 1.00 bits per heavy atom. The smallest absolute Gasteiger partial charge is 0.260 e. The van der Waals surface area contributed by atoms with E-state index in [-0.39, 0.29) is 12.5 Å². The third-order valence-electron chi connectivity index (χ3n) is 4.14. The zero-order valence-corrected chi connectivity index (χ0v) is 13.3. The van der Waals surface area contributed by atoms with Crippen molar-refractivity contribution in [2.24, 2.45) is 0 Å². The first kappa shape index (κ1) is 15.2. The van der Waals surface area contributed by atoms with E-state index < -0.39 is 0 Å². The van der Waals surface area contributed by atoms with E-state index in [0.717, 1.165) is 36.7 Å². The van der Waals surface area contributed by atoms with E-state index in [4.69, 9.17) is 16.3 Å². The van der Waals surface area contributed by atoms with Crippen molar-refractivity contribution in [3.63, 3.8) is 0 Å². The van der Waals surface area contributed by atoms with Gasteiger partial charge in [-0.2, -0.15) is 0 Å². The Hall–Kier alpha value is -1.74. The molecule has 0 radical (unpaired) electrons. The van der Waals surface area contributed by atoms with E-state index in [9.17, 15) is 4.79 Å². The van der Waals surface area contributed by atoms with E-state index in [2.05, 4.69) is 0 Å². The number of halogens is 1. The second-order valence-electron chi connectivity index (χ2n) is 5.67. The van der Waals surface area contributed by atoms with Crippen LogP contribution in [0.1, 0.15) is 25.7 Å². The van der Waals surface area contributed by atoms with Crippen LogP contribution in [-0.4, -0.2) is 30.5 Å². The number of likely N-dealkylation sites (tertiary alicyclic amines) is 1. The normalized spacial score (nSPS) is 15.6. The topological polar surface area (TPSA) is 29.5 Å². The molecule has 0 N–H and O–H groups in total. The molecule has 0 aromatic heterocycles. The standard InChI is InChI=1S/C18H20ClNO2/c19-16-9-10-17(15-8-4-3-7-14(15)16)22-13-18(21)20-11-5-1-2-6-12-20/h3-4,7-10H,1-2,5-6,11-13H2. The number of carbonyl (C=O) groups excluding carboxylic acids is 1. The summed E-state index contributed by atoms with van der Waals surface area (Å²) in [7, 11) is 0. The minimum absolute atomic E-state index is 0.0703. The lowest BCUT2D eigenvalue weighted by Crippen LogP contribution is -2.35. The highest BCUT2D eigenvalue weighted by atomic mass is 35.5. The van der Waals surface area contributed by atoms with Crippen LogP contribution in [0.15, 0.2) is 36.4 Å². The van der Waals surface area contributed by atoms with Crippen LogP contribution >= 0.6 is 11.6 Å². The molecule has 3 rings (SSSR count). The SMILES string of the molecule is O=C(COc1ccc(Cl)c2ccccc12)N1CCCCCC1. The van der Waals surface area contributed by atoms with Crippen molar-refractivity contribution < 1.29 is 9.53 Å². The fraction of sp³-hybridized carbons (Fsp3) is 0.389.